The molecule has 68 valence electrons. The van der Waals surface area contributed by atoms with Gasteiger partial charge in [-0.1, -0.05) is 17.5 Å². The van der Waals surface area contributed by atoms with E-state index in [-0.39, 0.29) is 10.6 Å². The van der Waals surface area contributed by atoms with Crippen molar-refractivity contribution in [1.82, 2.24) is 0 Å². The first-order valence-electron chi connectivity index (χ1n) is 3.28. The summed E-state index contributed by atoms with van der Waals surface area (Å²) < 4.78 is 36.3. The first-order chi connectivity index (χ1) is 5.95. The van der Waals surface area contributed by atoms with Gasteiger partial charge in [-0.2, -0.15) is 13.2 Å². The lowest BCUT2D eigenvalue weighted by Crippen LogP contribution is -2.04. The summed E-state index contributed by atoms with van der Waals surface area (Å²) in [4.78, 5) is 0. The summed E-state index contributed by atoms with van der Waals surface area (Å²) in [5.74, 6) is 2.17. The molecule has 1 rings (SSSR count). The molecule has 0 fully saturated rings. The molecule has 1 aromatic carbocycles. The van der Waals surface area contributed by atoms with Crippen molar-refractivity contribution in [2.45, 2.75) is 6.18 Å². The van der Waals surface area contributed by atoms with Crippen LogP contribution < -0.4 is 0 Å². The number of benzene rings is 1. The highest BCUT2D eigenvalue weighted by atomic mass is 35.5. The molecule has 0 aliphatic rings. The van der Waals surface area contributed by atoms with Crippen LogP contribution in [-0.4, -0.2) is 0 Å². The second-order valence-electron chi connectivity index (χ2n) is 2.34. The zero-order valence-electron chi connectivity index (χ0n) is 6.32. The first kappa shape index (κ1) is 9.94. The van der Waals surface area contributed by atoms with Crippen molar-refractivity contribution in [2.75, 3.05) is 0 Å². The molecule has 0 aliphatic carbocycles. The van der Waals surface area contributed by atoms with Gasteiger partial charge in [0, 0.05) is 5.56 Å². The van der Waals surface area contributed by atoms with E-state index in [0.717, 1.165) is 12.1 Å². The van der Waals surface area contributed by atoms with Crippen LogP contribution in [-0.2, 0) is 6.18 Å². The van der Waals surface area contributed by atoms with Crippen LogP contribution in [0.5, 0.6) is 0 Å². The quantitative estimate of drug-likeness (QED) is 0.569. The normalized spacial score (nSPS) is 11.0. The van der Waals surface area contributed by atoms with Gasteiger partial charge in [0.05, 0.1) is 10.6 Å². The van der Waals surface area contributed by atoms with Crippen LogP contribution in [0.3, 0.4) is 0 Å². The average Bonchev–Trinajstić information content (AvgIpc) is 2.02. The molecule has 0 saturated heterocycles. The lowest BCUT2D eigenvalue weighted by Gasteiger charge is -2.06. The topological polar surface area (TPSA) is 0 Å². The maximum absolute atomic E-state index is 12.1. The monoisotopic (exact) mass is 204 g/mol. The van der Waals surface area contributed by atoms with E-state index in [0.29, 0.717) is 0 Å². The Bertz CT molecular complexity index is 360. The summed E-state index contributed by atoms with van der Waals surface area (Å²) in [5, 5.41) is -0.0580. The molecule has 0 saturated carbocycles. The van der Waals surface area contributed by atoms with E-state index in [4.69, 9.17) is 18.0 Å². The number of halogens is 4. The second kappa shape index (κ2) is 3.31. The molecule has 0 atom stereocenters. The van der Waals surface area contributed by atoms with Gasteiger partial charge in [-0.15, -0.1) is 6.42 Å². The Hall–Kier alpha value is -1.14. The summed E-state index contributed by atoms with van der Waals surface area (Å²) in [5.41, 5.74) is -0.536. The van der Waals surface area contributed by atoms with Gasteiger partial charge in [0.1, 0.15) is 0 Å². The molecular weight excluding hydrogens is 201 g/mol. The minimum absolute atomic E-state index is 0.0580. The first-order valence-corrected chi connectivity index (χ1v) is 3.66. The zero-order chi connectivity index (χ0) is 10.1. The Morgan fingerprint density at radius 3 is 2.31 bits per heavy atom. The van der Waals surface area contributed by atoms with Gasteiger partial charge < -0.3 is 0 Å². The highest BCUT2D eigenvalue weighted by Gasteiger charge is 2.30. The zero-order valence-corrected chi connectivity index (χ0v) is 7.08. The molecule has 0 nitrogen and oxygen atoms in total. The van der Waals surface area contributed by atoms with E-state index >= 15 is 0 Å². The minimum atomic E-state index is -4.38. The van der Waals surface area contributed by atoms with Crippen LogP contribution in [0.4, 0.5) is 13.2 Å². The smallest absolute Gasteiger partial charge is 0.166 e. The second-order valence-corrected chi connectivity index (χ2v) is 2.74. The van der Waals surface area contributed by atoms with Crippen LogP contribution in [0.1, 0.15) is 11.1 Å². The van der Waals surface area contributed by atoms with E-state index < -0.39 is 11.7 Å². The predicted octanol–water partition coefficient (Wildman–Crippen LogP) is 3.34. The fourth-order valence-corrected chi connectivity index (χ4v) is 1.04. The third-order valence-corrected chi connectivity index (χ3v) is 1.76. The molecule has 0 spiro atoms. The van der Waals surface area contributed by atoms with Gasteiger partial charge in [-0.05, 0) is 18.2 Å². The minimum Gasteiger partial charge on any atom is -0.166 e. The van der Waals surface area contributed by atoms with Crippen molar-refractivity contribution >= 4 is 11.6 Å². The SMILES string of the molecule is C#Cc1ccc(C(F)(F)F)cc1Cl. The van der Waals surface area contributed by atoms with Crippen LogP contribution in [0, 0.1) is 12.3 Å². The van der Waals surface area contributed by atoms with Crippen LogP contribution >= 0.6 is 11.6 Å². The van der Waals surface area contributed by atoms with Gasteiger partial charge in [0.2, 0.25) is 0 Å². The summed E-state index contributed by atoms with van der Waals surface area (Å²) in [6.45, 7) is 0. The van der Waals surface area contributed by atoms with Gasteiger partial charge in [-0.25, -0.2) is 0 Å². The molecule has 0 aromatic heterocycles. The molecule has 0 heterocycles. The largest absolute Gasteiger partial charge is 0.416 e. The van der Waals surface area contributed by atoms with Crippen LogP contribution in [0.2, 0.25) is 5.02 Å². The van der Waals surface area contributed by atoms with Crippen molar-refractivity contribution in [3.05, 3.63) is 34.3 Å². The Morgan fingerprint density at radius 1 is 1.31 bits per heavy atom. The van der Waals surface area contributed by atoms with Gasteiger partial charge in [0.15, 0.2) is 0 Å². The van der Waals surface area contributed by atoms with Gasteiger partial charge in [0.25, 0.3) is 0 Å². The van der Waals surface area contributed by atoms with Gasteiger partial charge >= 0.3 is 6.18 Å². The van der Waals surface area contributed by atoms with Crippen LogP contribution in [0.15, 0.2) is 18.2 Å². The maximum Gasteiger partial charge on any atom is 0.416 e. The van der Waals surface area contributed by atoms with E-state index in [1.165, 1.54) is 6.07 Å². The molecule has 0 radical (unpaired) electrons. The maximum atomic E-state index is 12.1. The van der Waals surface area contributed by atoms with Gasteiger partial charge in [-0.3, -0.25) is 0 Å². The standard InChI is InChI=1S/C9H4ClF3/c1-2-6-3-4-7(5-8(6)10)9(11,12)13/h1,3-5H. The molecule has 4 heteroatoms. The average molecular weight is 205 g/mol. The molecule has 13 heavy (non-hydrogen) atoms. The fourth-order valence-electron chi connectivity index (χ4n) is 0.808. The predicted molar refractivity (Wildman–Crippen MR) is 44.4 cm³/mol. The number of rotatable bonds is 0. The highest BCUT2D eigenvalue weighted by molar-refractivity contribution is 6.31. The molecular formula is C9H4ClF3. The third-order valence-electron chi connectivity index (χ3n) is 1.45. The molecule has 0 aliphatic heterocycles. The van der Waals surface area contributed by atoms with Crippen molar-refractivity contribution in [3.63, 3.8) is 0 Å². The van der Waals surface area contributed by atoms with E-state index in [1.807, 2.05) is 0 Å². The third kappa shape index (κ3) is 2.16. The summed E-state index contributed by atoms with van der Waals surface area (Å²) in [7, 11) is 0. The summed E-state index contributed by atoms with van der Waals surface area (Å²) in [6, 6.07) is 2.89. The molecule has 0 bridgehead atoms. The molecule has 0 N–H and O–H groups in total. The number of hydrogen-bond acceptors (Lipinski definition) is 0. The summed E-state index contributed by atoms with van der Waals surface area (Å²) >= 11 is 5.49. The molecule has 0 unspecified atom stereocenters. The van der Waals surface area contributed by atoms with Crippen LogP contribution in [0.25, 0.3) is 0 Å². The van der Waals surface area contributed by atoms with E-state index in [1.54, 1.807) is 0 Å². The number of terminal acetylenes is 1. The fraction of sp³-hybridized carbons (Fsp3) is 0.111. The number of hydrogen-bond donors (Lipinski definition) is 0. The molecule has 1 aromatic rings. The summed E-state index contributed by atoms with van der Waals surface area (Å²) in [6.07, 6.45) is 0.616. The Labute approximate surface area is 78.3 Å². The Morgan fingerprint density at radius 2 is 1.92 bits per heavy atom. The van der Waals surface area contributed by atoms with Crippen molar-refractivity contribution < 1.29 is 13.2 Å². The lowest BCUT2D eigenvalue weighted by atomic mass is 10.1. The lowest BCUT2D eigenvalue weighted by molar-refractivity contribution is -0.137. The van der Waals surface area contributed by atoms with E-state index in [9.17, 15) is 13.2 Å². The van der Waals surface area contributed by atoms with Crippen molar-refractivity contribution in [2.24, 2.45) is 0 Å². The van der Waals surface area contributed by atoms with Crippen molar-refractivity contribution in [3.8, 4) is 12.3 Å². The van der Waals surface area contributed by atoms with Crippen molar-refractivity contribution in [1.29, 1.82) is 0 Å². The Balaban J connectivity index is 3.20. The van der Waals surface area contributed by atoms with E-state index in [2.05, 4.69) is 5.92 Å². The molecule has 0 amide bonds. The number of alkyl halides is 3. The highest BCUT2D eigenvalue weighted by Crippen LogP contribution is 2.31. The Kier molecular flexibility index (Phi) is 2.53.